The number of halogens is 4. The molecule has 0 spiro atoms. The highest BCUT2D eigenvalue weighted by molar-refractivity contribution is 5.42. The Kier molecular flexibility index (Phi) is 18.6. The Balaban J connectivity index is 0.000000266. The standard InChI is InChI=1S/C22H30F2O.C21H28F2O/c1-3-5-7-17-8-10-18(11-9-17)12-13-19-14-15-20(22(24)21(19)23)25-16-6-4-2;1-3-5-15-24-19-14-13-18(20(22)21(19)23)12-11-17-9-7-16(6-4-2)8-10-17/h14-15,17-18H,3-11,16H2,1-2H3;13-14,16-17H,3-10,15H2,1-2H3/t17-,18-;16-,17-. The highest BCUT2D eigenvalue weighted by Crippen LogP contribution is 2.33. The van der Waals surface area contributed by atoms with Gasteiger partial charge in [0.05, 0.1) is 24.3 Å². The number of hydrogen-bond acceptors (Lipinski definition) is 2. The lowest BCUT2D eigenvalue weighted by molar-refractivity contribution is 0.288. The number of hydrogen-bond donors (Lipinski definition) is 0. The summed E-state index contributed by atoms with van der Waals surface area (Å²) in [7, 11) is 0. The lowest BCUT2D eigenvalue weighted by Crippen LogP contribution is -2.13. The zero-order valence-electron chi connectivity index (χ0n) is 30.4. The Morgan fingerprint density at radius 1 is 0.510 bits per heavy atom. The van der Waals surface area contributed by atoms with Crippen molar-refractivity contribution in [2.45, 2.75) is 137 Å². The summed E-state index contributed by atoms with van der Waals surface area (Å²) in [6.07, 6.45) is 19.1. The third kappa shape index (κ3) is 13.6. The summed E-state index contributed by atoms with van der Waals surface area (Å²) in [4.78, 5) is 0. The van der Waals surface area contributed by atoms with Crippen LogP contribution in [-0.2, 0) is 0 Å². The number of rotatable bonds is 13. The van der Waals surface area contributed by atoms with Crippen LogP contribution in [-0.4, -0.2) is 13.2 Å². The molecule has 4 rings (SSSR count). The SMILES string of the molecule is CCCCOc1ccc(C#C[C@H]2CC[C@H](CCC)CC2)c(F)c1F.CCCCOc1ccc(C#C[C@H]2CC[C@H](CCCC)CC2)c(F)c1F. The molecule has 0 bridgehead atoms. The first-order valence-electron chi connectivity index (χ1n) is 19.1. The molecule has 0 unspecified atom stereocenters. The van der Waals surface area contributed by atoms with Crippen molar-refractivity contribution in [3.05, 3.63) is 58.7 Å². The Bertz CT molecular complexity index is 1380. The van der Waals surface area contributed by atoms with Gasteiger partial charge in [0.1, 0.15) is 0 Å². The molecule has 0 aromatic heterocycles. The van der Waals surface area contributed by atoms with Gasteiger partial charge < -0.3 is 9.47 Å². The van der Waals surface area contributed by atoms with Gasteiger partial charge in [0.15, 0.2) is 23.1 Å². The second-order valence-corrected chi connectivity index (χ2v) is 13.8. The molecule has 0 heterocycles. The molecule has 0 aliphatic heterocycles. The van der Waals surface area contributed by atoms with E-state index < -0.39 is 23.3 Å². The molecule has 49 heavy (non-hydrogen) atoms. The first-order chi connectivity index (χ1) is 23.8. The summed E-state index contributed by atoms with van der Waals surface area (Å²) in [6.45, 7) is 9.30. The van der Waals surface area contributed by atoms with Crippen LogP contribution in [0.1, 0.15) is 148 Å². The lowest BCUT2D eigenvalue weighted by atomic mass is 9.80. The zero-order chi connectivity index (χ0) is 35.4. The maximum atomic E-state index is 14.2. The molecule has 0 saturated heterocycles. The van der Waals surface area contributed by atoms with Crippen molar-refractivity contribution in [1.29, 1.82) is 0 Å². The van der Waals surface area contributed by atoms with Crippen LogP contribution >= 0.6 is 0 Å². The van der Waals surface area contributed by atoms with Gasteiger partial charge in [0.25, 0.3) is 0 Å². The van der Waals surface area contributed by atoms with Crippen molar-refractivity contribution in [3.63, 3.8) is 0 Å². The second kappa shape index (κ2) is 22.6. The Hall–Kier alpha value is -3.12. The Labute approximate surface area is 294 Å². The molecular weight excluding hydrogens is 624 g/mol. The average Bonchev–Trinajstić information content (AvgIpc) is 3.12. The van der Waals surface area contributed by atoms with Gasteiger partial charge in [-0.05, 0) is 100 Å². The van der Waals surface area contributed by atoms with E-state index in [1.807, 2.05) is 13.8 Å². The fourth-order valence-electron chi connectivity index (χ4n) is 6.58. The highest BCUT2D eigenvalue weighted by Gasteiger charge is 2.21. The van der Waals surface area contributed by atoms with Crippen LogP contribution in [0, 0.1) is 70.6 Å². The van der Waals surface area contributed by atoms with Crippen molar-refractivity contribution >= 4 is 0 Å². The van der Waals surface area contributed by atoms with E-state index in [2.05, 4.69) is 37.5 Å². The largest absolute Gasteiger partial charge is 0.490 e. The molecule has 0 atom stereocenters. The van der Waals surface area contributed by atoms with Crippen LogP contribution in [0.3, 0.4) is 0 Å². The second-order valence-electron chi connectivity index (χ2n) is 13.8. The van der Waals surface area contributed by atoms with Gasteiger partial charge >= 0.3 is 0 Å². The number of ether oxygens (including phenoxy) is 2. The monoisotopic (exact) mass is 682 g/mol. The molecule has 2 aliphatic rings. The molecule has 6 heteroatoms. The molecule has 270 valence electrons. The maximum Gasteiger partial charge on any atom is 0.201 e. The Morgan fingerprint density at radius 3 is 1.31 bits per heavy atom. The van der Waals surface area contributed by atoms with Gasteiger partial charge in [0, 0.05) is 11.8 Å². The van der Waals surface area contributed by atoms with E-state index in [1.54, 1.807) is 0 Å². The molecule has 0 N–H and O–H groups in total. The Morgan fingerprint density at radius 2 is 0.918 bits per heavy atom. The summed E-state index contributed by atoms with van der Waals surface area (Å²) in [5, 5.41) is 0. The molecule has 2 nitrogen and oxygen atoms in total. The first kappa shape index (κ1) is 40.3. The van der Waals surface area contributed by atoms with Crippen molar-refractivity contribution in [3.8, 4) is 35.2 Å². The molecule has 2 fully saturated rings. The van der Waals surface area contributed by atoms with Gasteiger partial charge in [0.2, 0.25) is 11.6 Å². The first-order valence-corrected chi connectivity index (χ1v) is 19.1. The van der Waals surface area contributed by atoms with Gasteiger partial charge in [-0.15, -0.1) is 0 Å². The molecule has 2 aromatic carbocycles. The van der Waals surface area contributed by atoms with E-state index in [0.29, 0.717) is 25.0 Å². The lowest BCUT2D eigenvalue weighted by Gasteiger charge is -2.25. The predicted molar refractivity (Wildman–Crippen MR) is 193 cm³/mol. The van der Waals surface area contributed by atoms with Gasteiger partial charge in [-0.3, -0.25) is 0 Å². The van der Waals surface area contributed by atoms with Crippen molar-refractivity contribution < 1.29 is 27.0 Å². The van der Waals surface area contributed by atoms with Crippen LogP contribution in [0.5, 0.6) is 11.5 Å². The fourth-order valence-corrected chi connectivity index (χ4v) is 6.58. The molecule has 0 amide bonds. The number of benzene rings is 2. The van der Waals surface area contributed by atoms with E-state index in [-0.39, 0.29) is 22.6 Å². The van der Waals surface area contributed by atoms with Crippen molar-refractivity contribution in [1.82, 2.24) is 0 Å². The minimum Gasteiger partial charge on any atom is -0.490 e. The van der Waals surface area contributed by atoms with E-state index in [0.717, 1.165) is 63.2 Å². The van der Waals surface area contributed by atoms with Crippen LogP contribution in [0.15, 0.2) is 24.3 Å². The van der Waals surface area contributed by atoms with E-state index >= 15 is 0 Å². The van der Waals surface area contributed by atoms with Gasteiger partial charge in [-0.2, -0.15) is 8.78 Å². The molecular formula is C43H58F4O2. The summed E-state index contributed by atoms with van der Waals surface area (Å²) in [5.74, 6) is 10.6. The van der Waals surface area contributed by atoms with Crippen LogP contribution in [0.25, 0.3) is 0 Å². The molecule has 2 aliphatic carbocycles. The minimum absolute atomic E-state index is 0.0204. The fraction of sp³-hybridized carbons (Fsp3) is 0.628. The highest BCUT2D eigenvalue weighted by atomic mass is 19.2. The van der Waals surface area contributed by atoms with Crippen molar-refractivity contribution in [2.75, 3.05) is 13.2 Å². The summed E-state index contributed by atoms with van der Waals surface area (Å²) < 4.78 is 66.9. The quantitative estimate of drug-likeness (QED) is 0.119. The molecule has 2 aromatic rings. The third-order valence-corrected chi connectivity index (χ3v) is 9.78. The summed E-state index contributed by atoms with van der Waals surface area (Å²) in [5.41, 5.74) is 0.263. The van der Waals surface area contributed by atoms with E-state index in [4.69, 9.17) is 9.47 Å². The van der Waals surface area contributed by atoms with Crippen molar-refractivity contribution in [2.24, 2.45) is 23.7 Å². The van der Waals surface area contributed by atoms with Gasteiger partial charge in [-0.25, -0.2) is 8.78 Å². The van der Waals surface area contributed by atoms with Crippen LogP contribution < -0.4 is 9.47 Å². The normalized spacial score (nSPS) is 20.2. The average molecular weight is 683 g/mol. The van der Waals surface area contributed by atoms with Crippen LogP contribution in [0.4, 0.5) is 17.6 Å². The minimum atomic E-state index is -0.926. The topological polar surface area (TPSA) is 18.5 Å². The summed E-state index contributed by atoms with van der Waals surface area (Å²) >= 11 is 0. The molecule has 2 saturated carbocycles. The van der Waals surface area contributed by atoms with Crippen LogP contribution in [0.2, 0.25) is 0 Å². The smallest absolute Gasteiger partial charge is 0.201 e. The van der Waals surface area contributed by atoms with E-state index in [1.165, 1.54) is 82.1 Å². The predicted octanol–water partition coefficient (Wildman–Crippen LogP) is 12.6. The van der Waals surface area contributed by atoms with Gasteiger partial charge in [-0.1, -0.05) is 96.3 Å². The summed E-state index contributed by atoms with van der Waals surface area (Å²) in [6, 6.07) is 6.02. The maximum absolute atomic E-state index is 14.2. The third-order valence-electron chi connectivity index (χ3n) is 9.78. The van der Waals surface area contributed by atoms with E-state index in [9.17, 15) is 17.6 Å². The zero-order valence-corrected chi connectivity index (χ0v) is 30.4. The molecule has 0 radical (unpaired) electrons. The number of unbranched alkanes of at least 4 members (excludes halogenated alkanes) is 3.